The van der Waals surface area contributed by atoms with Crippen molar-refractivity contribution in [2.75, 3.05) is 18.2 Å². The van der Waals surface area contributed by atoms with Gasteiger partial charge in [0.1, 0.15) is 5.75 Å². The average molecular weight is 273 g/mol. The molecule has 0 spiro atoms. The third-order valence-corrected chi connectivity index (χ3v) is 2.85. The first-order chi connectivity index (χ1) is 8.12. The number of nitrogen functional groups attached to an aromatic ring is 1. The Labute approximate surface area is 114 Å². The lowest BCUT2D eigenvalue weighted by Gasteiger charge is -2.13. The van der Waals surface area contributed by atoms with E-state index in [0.717, 1.165) is 12.8 Å². The monoisotopic (exact) mass is 272 g/mol. The molecule has 0 aliphatic carbocycles. The number of nitrogens with two attached hydrogens (primary N) is 1. The number of anilines is 2. The van der Waals surface area contributed by atoms with Crippen LogP contribution in [0.1, 0.15) is 26.7 Å². The van der Waals surface area contributed by atoms with Gasteiger partial charge in [-0.25, -0.2) is 0 Å². The molecule has 3 N–H and O–H groups in total. The Balaban J connectivity index is 0.00000289. The van der Waals surface area contributed by atoms with Crippen LogP contribution in [0.3, 0.4) is 0 Å². The highest BCUT2D eigenvalue weighted by Gasteiger charge is 2.14. The molecule has 0 heterocycles. The van der Waals surface area contributed by atoms with Crippen molar-refractivity contribution in [3.8, 4) is 5.75 Å². The summed E-state index contributed by atoms with van der Waals surface area (Å²) >= 11 is 0. The Morgan fingerprint density at radius 1 is 1.39 bits per heavy atom. The van der Waals surface area contributed by atoms with E-state index < -0.39 is 0 Å². The highest BCUT2D eigenvalue weighted by atomic mass is 35.5. The molecule has 0 saturated heterocycles. The molecule has 5 heteroatoms. The average Bonchev–Trinajstić information content (AvgIpc) is 2.31. The van der Waals surface area contributed by atoms with E-state index in [1.54, 1.807) is 25.3 Å². The van der Waals surface area contributed by atoms with Gasteiger partial charge >= 0.3 is 0 Å². The van der Waals surface area contributed by atoms with E-state index in [0.29, 0.717) is 17.1 Å². The van der Waals surface area contributed by atoms with Crippen LogP contribution in [-0.4, -0.2) is 13.0 Å². The van der Waals surface area contributed by atoms with Crippen LogP contribution in [0.15, 0.2) is 18.2 Å². The van der Waals surface area contributed by atoms with E-state index in [9.17, 15) is 4.79 Å². The third kappa shape index (κ3) is 4.11. The first-order valence-electron chi connectivity index (χ1n) is 5.86. The topological polar surface area (TPSA) is 64.3 Å². The van der Waals surface area contributed by atoms with E-state index in [4.69, 9.17) is 10.5 Å². The van der Waals surface area contributed by atoms with Crippen molar-refractivity contribution in [1.82, 2.24) is 0 Å². The van der Waals surface area contributed by atoms with E-state index in [1.165, 1.54) is 0 Å². The summed E-state index contributed by atoms with van der Waals surface area (Å²) in [4.78, 5) is 11.9. The fourth-order valence-corrected chi connectivity index (χ4v) is 1.72. The second-order valence-electron chi connectivity index (χ2n) is 3.96. The third-order valence-electron chi connectivity index (χ3n) is 2.85. The number of carbonyl (C=O) groups is 1. The molecule has 0 saturated carbocycles. The van der Waals surface area contributed by atoms with Crippen LogP contribution in [0, 0.1) is 5.92 Å². The molecule has 0 atom stereocenters. The van der Waals surface area contributed by atoms with Crippen LogP contribution in [0.4, 0.5) is 11.4 Å². The van der Waals surface area contributed by atoms with Crippen LogP contribution >= 0.6 is 12.4 Å². The minimum absolute atomic E-state index is 0. The molecule has 0 radical (unpaired) electrons. The molecule has 0 aromatic heterocycles. The first-order valence-corrected chi connectivity index (χ1v) is 5.86. The lowest BCUT2D eigenvalue weighted by molar-refractivity contribution is -0.120. The second kappa shape index (κ2) is 7.82. The molecule has 0 unspecified atom stereocenters. The minimum atomic E-state index is 0. The quantitative estimate of drug-likeness (QED) is 0.810. The summed E-state index contributed by atoms with van der Waals surface area (Å²) < 4.78 is 5.06. The molecule has 4 nitrogen and oxygen atoms in total. The molecular formula is C13H21ClN2O2. The summed E-state index contributed by atoms with van der Waals surface area (Å²) in [5.41, 5.74) is 7.00. The summed E-state index contributed by atoms with van der Waals surface area (Å²) in [6.45, 7) is 4.02. The van der Waals surface area contributed by atoms with Gasteiger partial charge in [0.05, 0.1) is 12.8 Å². The second-order valence-corrected chi connectivity index (χ2v) is 3.96. The number of rotatable bonds is 5. The van der Waals surface area contributed by atoms with Gasteiger partial charge < -0.3 is 15.8 Å². The number of nitrogens with one attached hydrogen (secondary N) is 1. The van der Waals surface area contributed by atoms with Gasteiger partial charge in [-0.2, -0.15) is 0 Å². The van der Waals surface area contributed by atoms with Crippen LogP contribution in [0.5, 0.6) is 5.75 Å². The Bertz CT molecular complexity index is 393. The van der Waals surface area contributed by atoms with Gasteiger partial charge in [0.2, 0.25) is 5.91 Å². The number of carbonyl (C=O) groups excluding carboxylic acids is 1. The molecule has 1 amide bonds. The van der Waals surface area contributed by atoms with Gasteiger partial charge in [0, 0.05) is 11.6 Å². The van der Waals surface area contributed by atoms with Crippen molar-refractivity contribution >= 4 is 29.7 Å². The molecule has 1 aromatic rings. The SMILES string of the molecule is CCC(CC)C(=O)Nc1ccc(OC)c(N)c1.Cl. The van der Waals surface area contributed by atoms with E-state index in [-0.39, 0.29) is 24.2 Å². The Morgan fingerprint density at radius 2 is 2.00 bits per heavy atom. The number of ether oxygens (including phenoxy) is 1. The van der Waals surface area contributed by atoms with Crippen LogP contribution < -0.4 is 15.8 Å². The number of amides is 1. The number of benzene rings is 1. The number of halogens is 1. The molecular weight excluding hydrogens is 252 g/mol. The van der Waals surface area contributed by atoms with E-state index in [1.807, 2.05) is 13.8 Å². The first kappa shape index (κ1) is 16.6. The fourth-order valence-electron chi connectivity index (χ4n) is 1.72. The minimum Gasteiger partial charge on any atom is -0.495 e. The highest BCUT2D eigenvalue weighted by molar-refractivity contribution is 5.93. The van der Waals surface area contributed by atoms with Gasteiger partial charge in [-0.05, 0) is 31.0 Å². The largest absolute Gasteiger partial charge is 0.495 e. The molecule has 102 valence electrons. The molecule has 0 bridgehead atoms. The van der Waals surface area contributed by atoms with Crippen LogP contribution in [0.25, 0.3) is 0 Å². The summed E-state index contributed by atoms with van der Waals surface area (Å²) in [5, 5.41) is 2.86. The fraction of sp³-hybridized carbons (Fsp3) is 0.462. The number of hydrogen-bond donors (Lipinski definition) is 2. The lowest BCUT2D eigenvalue weighted by atomic mass is 10.0. The smallest absolute Gasteiger partial charge is 0.227 e. The predicted octanol–water partition coefficient (Wildman–Crippen LogP) is 3.07. The lowest BCUT2D eigenvalue weighted by Crippen LogP contribution is -2.21. The van der Waals surface area contributed by atoms with E-state index >= 15 is 0 Å². The molecule has 0 fully saturated rings. The number of hydrogen-bond acceptors (Lipinski definition) is 3. The van der Waals surface area contributed by atoms with Crippen molar-refractivity contribution in [3.63, 3.8) is 0 Å². The standard InChI is InChI=1S/C13H20N2O2.ClH/c1-4-9(5-2)13(16)15-10-6-7-12(17-3)11(14)8-10;/h6-9H,4-5,14H2,1-3H3,(H,15,16);1H. The molecule has 1 rings (SSSR count). The zero-order valence-electron chi connectivity index (χ0n) is 11.0. The molecule has 18 heavy (non-hydrogen) atoms. The van der Waals surface area contributed by atoms with Crippen LogP contribution in [0.2, 0.25) is 0 Å². The maximum atomic E-state index is 11.9. The number of methoxy groups -OCH3 is 1. The van der Waals surface area contributed by atoms with Crippen LogP contribution in [-0.2, 0) is 4.79 Å². The van der Waals surface area contributed by atoms with Crippen molar-refractivity contribution < 1.29 is 9.53 Å². The Morgan fingerprint density at radius 3 is 2.44 bits per heavy atom. The molecule has 0 aliphatic rings. The van der Waals surface area contributed by atoms with Crippen molar-refractivity contribution in [1.29, 1.82) is 0 Å². The Kier molecular flexibility index (Phi) is 7.20. The van der Waals surface area contributed by atoms with Gasteiger partial charge in [-0.1, -0.05) is 13.8 Å². The van der Waals surface area contributed by atoms with Gasteiger partial charge in [0.25, 0.3) is 0 Å². The summed E-state index contributed by atoms with van der Waals surface area (Å²) in [6.07, 6.45) is 1.68. The van der Waals surface area contributed by atoms with Gasteiger partial charge in [-0.3, -0.25) is 4.79 Å². The Hall–Kier alpha value is -1.42. The van der Waals surface area contributed by atoms with Crippen molar-refractivity contribution in [2.45, 2.75) is 26.7 Å². The summed E-state index contributed by atoms with van der Waals surface area (Å²) in [5.74, 6) is 0.712. The molecule has 1 aromatic carbocycles. The van der Waals surface area contributed by atoms with Gasteiger partial charge in [0.15, 0.2) is 0 Å². The molecule has 0 aliphatic heterocycles. The normalized spacial score (nSPS) is 9.78. The highest BCUT2D eigenvalue weighted by Crippen LogP contribution is 2.25. The summed E-state index contributed by atoms with van der Waals surface area (Å²) in [7, 11) is 1.56. The zero-order valence-corrected chi connectivity index (χ0v) is 11.8. The summed E-state index contributed by atoms with van der Waals surface area (Å²) in [6, 6.07) is 5.24. The zero-order chi connectivity index (χ0) is 12.8. The van der Waals surface area contributed by atoms with Crippen molar-refractivity contribution in [2.24, 2.45) is 5.92 Å². The maximum Gasteiger partial charge on any atom is 0.227 e. The van der Waals surface area contributed by atoms with E-state index in [2.05, 4.69) is 5.32 Å². The van der Waals surface area contributed by atoms with Crippen molar-refractivity contribution in [3.05, 3.63) is 18.2 Å². The maximum absolute atomic E-state index is 11.9. The van der Waals surface area contributed by atoms with Gasteiger partial charge in [-0.15, -0.1) is 12.4 Å². The predicted molar refractivity (Wildman–Crippen MR) is 77.4 cm³/mol.